The van der Waals surface area contributed by atoms with Crippen molar-refractivity contribution in [2.24, 2.45) is 0 Å². The van der Waals surface area contributed by atoms with Crippen molar-refractivity contribution in [1.29, 1.82) is 0 Å². The van der Waals surface area contributed by atoms with E-state index < -0.39 is 0 Å². The quantitative estimate of drug-likeness (QED) is 0.0724. The number of aromatic amines is 1. The molecule has 0 aliphatic carbocycles. The number of aromatic nitrogens is 2. The third kappa shape index (κ3) is 17.7. The highest BCUT2D eigenvalue weighted by molar-refractivity contribution is 7.97. The van der Waals surface area contributed by atoms with Gasteiger partial charge in [-0.3, -0.25) is 0 Å². The molecule has 386 valence electrons. The molecule has 2 aliphatic heterocycles. The molecule has 9 heteroatoms. The van der Waals surface area contributed by atoms with E-state index in [1.165, 1.54) is 87.7 Å². The van der Waals surface area contributed by atoms with Crippen LogP contribution in [0.25, 0.3) is 11.4 Å². The fourth-order valence-corrected chi connectivity index (χ4v) is 13.0. The van der Waals surface area contributed by atoms with Crippen LogP contribution >= 0.6 is 0 Å². The summed E-state index contributed by atoms with van der Waals surface area (Å²) in [6.45, 7) is 11.3. The lowest BCUT2D eigenvalue weighted by Crippen LogP contribution is -2.45. The Balaban J connectivity index is 0.000000150. The molecule has 1 aromatic heterocycles. The van der Waals surface area contributed by atoms with E-state index in [-0.39, 0.29) is 21.8 Å². The highest BCUT2D eigenvalue weighted by atomic mass is 32.2. The van der Waals surface area contributed by atoms with Crippen LogP contribution in [0.4, 0.5) is 0 Å². The zero-order chi connectivity index (χ0) is 51.4. The first kappa shape index (κ1) is 55.5. The summed E-state index contributed by atoms with van der Waals surface area (Å²) in [5.74, 6) is 3.65. The Bertz CT molecular complexity index is 2450. The molecule has 0 unspecified atom stereocenters. The number of ether oxygens (including phenoxy) is 3. The lowest BCUT2D eigenvalue weighted by atomic mass is 10.0. The first-order valence-electron chi connectivity index (χ1n) is 26.7. The van der Waals surface area contributed by atoms with Crippen LogP contribution in [0, 0.1) is 0 Å². The molecule has 0 atom stereocenters. The second kappa shape index (κ2) is 31.5. The van der Waals surface area contributed by atoms with Crippen LogP contribution in [-0.4, -0.2) is 79.4 Å². The Morgan fingerprint density at radius 1 is 0.486 bits per heavy atom. The lowest BCUT2D eigenvalue weighted by Gasteiger charge is -2.39. The molecule has 0 bridgehead atoms. The molecule has 7 aromatic carbocycles. The number of hydrogen-bond donors (Lipinski definition) is 1. The molecule has 1 N–H and O–H groups in total. The number of hydrogen-bond acceptors (Lipinski definition) is 6. The number of imidazole rings is 1. The van der Waals surface area contributed by atoms with Crippen LogP contribution in [0.5, 0.6) is 17.2 Å². The van der Waals surface area contributed by atoms with Crippen LogP contribution in [-0.2, 0) is 21.8 Å². The highest BCUT2D eigenvalue weighted by Gasteiger charge is 2.30. The van der Waals surface area contributed by atoms with E-state index in [2.05, 4.69) is 211 Å². The average Bonchev–Trinajstić information content (AvgIpc) is 4.02. The molecule has 7 nitrogen and oxygen atoms in total. The number of nitrogens with one attached hydrogen (secondary N) is 1. The smallest absolute Gasteiger partial charge is 0.166 e. The number of nitrogens with zero attached hydrogens (tertiary/aromatic N) is 3. The van der Waals surface area contributed by atoms with Crippen LogP contribution < -0.4 is 14.2 Å². The minimum absolute atomic E-state index is 0.0858. The molecule has 10 rings (SSSR count). The van der Waals surface area contributed by atoms with E-state index in [1.807, 2.05) is 24.3 Å². The maximum atomic E-state index is 5.80. The monoisotopic (exact) mass is 1030 g/mol. The zero-order valence-electron chi connectivity index (χ0n) is 44.2. The van der Waals surface area contributed by atoms with E-state index in [1.54, 1.807) is 19.5 Å². The van der Waals surface area contributed by atoms with Crippen molar-refractivity contribution in [2.75, 3.05) is 53.6 Å². The maximum Gasteiger partial charge on any atom is 0.166 e. The van der Waals surface area contributed by atoms with Gasteiger partial charge in [0.05, 0.1) is 42.1 Å². The SMILES string of the molecule is CCCCOc1ccc([S+](c2ccccc2)c2ccccc2)cc1.CCCCOc1ccc([S+](c2ccccc2)c2ccccc2)cc1.CN1CCC(N2CCCCC2)CC1.COc1ccc(-c2ncc[nH]2)cc1. The fraction of sp³-hybridized carbons (Fsp3) is 0.308. The third-order valence-electron chi connectivity index (χ3n) is 13.0. The largest absolute Gasteiger partial charge is 0.497 e. The topological polar surface area (TPSA) is 62.9 Å². The van der Waals surface area contributed by atoms with Crippen molar-refractivity contribution in [3.63, 3.8) is 0 Å². The molecular formula is C65H78N4O3S2+2. The van der Waals surface area contributed by atoms with Gasteiger partial charge in [0, 0.05) is 24.0 Å². The van der Waals surface area contributed by atoms with Crippen LogP contribution in [0.2, 0.25) is 0 Å². The third-order valence-corrected chi connectivity index (χ3v) is 17.5. The Kier molecular flexibility index (Phi) is 23.6. The number of rotatable bonds is 17. The Hall–Kier alpha value is -6.23. The van der Waals surface area contributed by atoms with Crippen molar-refractivity contribution in [2.45, 2.75) is 107 Å². The average molecular weight is 1030 g/mol. The van der Waals surface area contributed by atoms with Crippen LogP contribution in [0.1, 0.15) is 71.6 Å². The number of methoxy groups -OCH3 is 1. The molecule has 0 amide bonds. The molecule has 0 saturated carbocycles. The second-order valence-corrected chi connectivity index (χ2v) is 22.6. The summed E-state index contributed by atoms with van der Waals surface area (Å²) in [4.78, 5) is 20.4. The van der Waals surface area contributed by atoms with E-state index in [0.29, 0.717) is 0 Å². The van der Waals surface area contributed by atoms with Gasteiger partial charge in [0.2, 0.25) is 0 Å². The molecule has 2 fully saturated rings. The van der Waals surface area contributed by atoms with Gasteiger partial charge in [0.1, 0.15) is 23.1 Å². The van der Waals surface area contributed by atoms with Gasteiger partial charge in [-0.1, -0.05) is 106 Å². The molecular weight excluding hydrogens is 949 g/mol. The predicted octanol–water partition coefficient (Wildman–Crippen LogP) is 15.6. The number of unbranched alkanes of at least 4 members (excludes halogenated alkanes) is 2. The van der Waals surface area contributed by atoms with Crippen LogP contribution in [0.3, 0.4) is 0 Å². The molecule has 3 heterocycles. The predicted molar refractivity (Wildman–Crippen MR) is 310 cm³/mol. The second-order valence-electron chi connectivity index (χ2n) is 18.5. The van der Waals surface area contributed by atoms with Gasteiger partial charge >= 0.3 is 0 Å². The summed E-state index contributed by atoms with van der Waals surface area (Å²) in [7, 11) is 3.73. The normalized spacial score (nSPS) is 13.9. The zero-order valence-corrected chi connectivity index (χ0v) is 45.8. The summed E-state index contributed by atoms with van der Waals surface area (Å²) in [5.41, 5.74) is 1.06. The van der Waals surface area contributed by atoms with Gasteiger partial charge in [-0.25, -0.2) is 4.98 Å². The van der Waals surface area contributed by atoms with Crippen molar-refractivity contribution >= 4 is 21.8 Å². The number of piperidine rings is 2. The molecule has 0 radical (unpaired) electrons. The summed E-state index contributed by atoms with van der Waals surface area (Å²) in [6.07, 6.45) is 15.2. The molecule has 8 aromatic rings. The summed E-state index contributed by atoms with van der Waals surface area (Å²) in [6, 6.07) is 68.7. The van der Waals surface area contributed by atoms with E-state index >= 15 is 0 Å². The van der Waals surface area contributed by atoms with Gasteiger partial charge in [-0.2, -0.15) is 0 Å². The Labute approximate surface area is 449 Å². The number of benzene rings is 7. The van der Waals surface area contributed by atoms with Gasteiger partial charge in [0.25, 0.3) is 0 Å². The van der Waals surface area contributed by atoms with Gasteiger partial charge in [0.15, 0.2) is 29.4 Å². The molecule has 74 heavy (non-hydrogen) atoms. The molecule has 0 spiro atoms. The Morgan fingerprint density at radius 3 is 1.24 bits per heavy atom. The van der Waals surface area contributed by atoms with Gasteiger partial charge < -0.3 is 29.0 Å². The van der Waals surface area contributed by atoms with Crippen molar-refractivity contribution < 1.29 is 14.2 Å². The number of H-pyrrole nitrogens is 1. The van der Waals surface area contributed by atoms with Crippen molar-refractivity contribution in [3.8, 4) is 28.6 Å². The molecule has 2 saturated heterocycles. The highest BCUT2D eigenvalue weighted by Crippen LogP contribution is 2.33. The minimum atomic E-state index is -0.0858. The lowest BCUT2D eigenvalue weighted by molar-refractivity contribution is 0.103. The van der Waals surface area contributed by atoms with Crippen molar-refractivity contribution in [1.82, 2.24) is 19.8 Å². The van der Waals surface area contributed by atoms with Crippen LogP contribution in [0.15, 0.2) is 236 Å². The van der Waals surface area contributed by atoms with E-state index in [0.717, 1.165) is 73.6 Å². The van der Waals surface area contributed by atoms with E-state index in [9.17, 15) is 0 Å². The fourth-order valence-electron chi connectivity index (χ4n) is 8.87. The first-order chi connectivity index (χ1) is 36.5. The van der Waals surface area contributed by atoms with E-state index in [4.69, 9.17) is 14.2 Å². The minimum Gasteiger partial charge on any atom is -0.497 e. The molecule has 2 aliphatic rings. The number of likely N-dealkylation sites (tertiary alicyclic amines) is 2. The summed E-state index contributed by atoms with van der Waals surface area (Å²) >= 11 is 0. The summed E-state index contributed by atoms with van der Waals surface area (Å²) in [5, 5.41) is 0. The van der Waals surface area contributed by atoms with Gasteiger partial charge in [-0.15, -0.1) is 0 Å². The Morgan fingerprint density at radius 2 is 0.878 bits per heavy atom. The maximum absolute atomic E-state index is 5.80. The summed E-state index contributed by atoms with van der Waals surface area (Å²) < 4.78 is 16.6. The first-order valence-corrected chi connectivity index (χ1v) is 29.2. The van der Waals surface area contributed by atoms with Crippen molar-refractivity contribution in [3.05, 3.63) is 207 Å². The standard InChI is InChI=1S/2C22H23OS.C11H22N2.C10H10N2O/c2*1-2-3-18-23-19-14-16-22(17-15-19)24(20-10-6-4-7-11-20)21-12-8-5-9-13-21;1-12-9-5-11(6-10-12)13-7-3-2-4-8-13;1-13-9-4-2-8(3-5-9)10-11-6-7-12-10/h2*4-17H,2-3,18H2,1H3;11H,2-10H2,1H3;2-7H,1H3,(H,11,12)/q2*+1;;. The van der Waals surface area contributed by atoms with Gasteiger partial charge in [-0.05, 0) is 193 Å².